The van der Waals surface area contributed by atoms with Gasteiger partial charge < -0.3 is 15.7 Å². The Balaban J connectivity index is 2.45. The van der Waals surface area contributed by atoms with Crippen LogP contribution in [0, 0.1) is 13.8 Å². The molecule has 4 heteroatoms. The summed E-state index contributed by atoms with van der Waals surface area (Å²) in [6.45, 7) is 5.13. The molecule has 0 aromatic heterocycles. The van der Waals surface area contributed by atoms with E-state index in [4.69, 9.17) is 0 Å². The van der Waals surface area contributed by atoms with E-state index < -0.39 is 0 Å². The molecule has 1 aromatic rings. The van der Waals surface area contributed by atoms with Crippen LogP contribution in [0.4, 0.5) is 0 Å². The number of benzene rings is 1. The number of aromatic hydroxyl groups is 1. The molecular weight excluding hydrogens is 216 g/mol. The van der Waals surface area contributed by atoms with Gasteiger partial charge in [-0.05, 0) is 30.5 Å². The molecule has 17 heavy (non-hydrogen) atoms. The molecule has 0 atom stereocenters. The summed E-state index contributed by atoms with van der Waals surface area (Å²) in [5.74, 6) is 0.398. The third kappa shape index (κ3) is 4.07. The van der Waals surface area contributed by atoms with E-state index in [9.17, 15) is 9.90 Å². The Bertz CT molecular complexity index is 379. The van der Waals surface area contributed by atoms with E-state index in [0.29, 0.717) is 25.3 Å². The van der Waals surface area contributed by atoms with Crippen molar-refractivity contribution in [1.29, 1.82) is 0 Å². The summed E-state index contributed by atoms with van der Waals surface area (Å²) in [4.78, 5) is 11.0. The molecule has 0 heterocycles. The van der Waals surface area contributed by atoms with Crippen molar-refractivity contribution in [2.75, 3.05) is 13.6 Å². The summed E-state index contributed by atoms with van der Waals surface area (Å²) < 4.78 is 0. The quantitative estimate of drug-likeness (QED) is 0.674. The Labute approximate surface area is 102 Å². The highest BCUT2D eigenvalue weighted by Gasteiger charge is 2.03. The minimum atomic E-state index is 0.0376. The topological polar surface area (TPSA) is 61.4 Å². The van der Waals surface area contributed by atoms with Gasteiger partial charge in [-0.2, -0.15) is 0 Å². The number of hydrogen-bond donors (Lipinski definition) is 3. The van der Waals surface area contributed by atoms with Gasteiger partial charge >= 0.3 is 0 Å². The van der Waals surface area contributed by atoms with Crippen LogP contribution in [0.25, 0.3) is 0 Å². The van der Waals surface area contributed by atoms with E-state index in [-0.39, 0.29) is 5.91 Å². The van der Waals surface area contributed by atoms with Gasteiger partial charge in [0.05, 0.1) is 0 Å². The van der Waals surface area contributed by atoms with E-state index in [1.807, 2.05) is 26.0 Å². The lowest BCUT2D eigenvalue weighted by atomic mass is 10.1. The average Bonchev–Trinajstić information content (AvgIpc) is 2.31. The van der Waals surface area contributed by atoms with Gasteiger partial charge in [0, 0.05) is 26.6 Å². The lowest BCUT2D eigenvalue weighted by molar-refractivity contribution is -0.120. The number of rotatable bonds is 5. The second-order valence-electron chi connectivity index (χ2n) is 4.18. The summed E-state index contributed by atoms with van der Waals surface area (Å²) in [6, 6.07) is 3.91. The zero-order valence-electron chi connectivity index (χ0n) is 10.6. The van der Waals surface area contributed by atoms with Gasteiger partial charge in [0.1, 0.15) is 5.75 Å². The smallest absolute Gasteiger partial charge is 0.221 e. The Hall–Kier alpha value is -1.55. The van der Waals surface area contributed by atoms with E-state index in [1.165, 1.54) is 0 Å². The molecule has 4 nitrogen and oxygen atoms in total. The third-order valence-corrected chi connectivity index (χ3v) is 2.69. The average molecular weight is 236 g/mol. The highest BCUT2D eigenvalue weighted by Crippen LogP contribution is 2.22. The lowest BCUT2D eigenvalue weighted by Gasteiger charge is -2.09. The van der Waals surface area contributed by atoms with Crippen molar-refractivity contribution in [3.63, 3.8) is 0 Å². The van der Waals surface area contributed by atoms with Crippen molar-refractivity contribution in [2.24, 2.45) is 0 Å². The standard InChI is InChI=1S/C13H20N2O2/c1-9-6-11(7-10(2)13(9)17)8-15-5-4-12(16)14-3/h6-7,15,17H,4-5,8H2,1-3H3,(H,14,16). The van der Waals surface area contributed by atoms with Crippen LogP contribution in [0.15, 0.2) is 12.1 Å². The van der Waals surface area contributed by atoms with E-state index >= 15 is 0 Å². The van der Waals surface area contributed by atoms with Gasteiger partial charge in [-0.3, -0.25) is 4.79 Å². The fourth-order valence-corrected chi connectivity index (χ4v) is 1.71. The van der Waals surface area contributed by atoms with Crippen LogP contribution in [0.3, 0.4) is 0 Å². The van der Waals surface area contributed by atoms with Crippen LogP contribution in [-0.4, -0.2) is 24.6 Å². The molecule has 0 fully saturated rings. The van der Waals surface area contributed by atoms with Crippen molar-refractivity contribution in [3.8, 4) is 5.75 Å². The van der Waals surface area contributed by atoms with Crippen LogP contribution in [-0.2, 0) is 11.3 Å². The molecule has 0 bridgehead atoms. The molecule has 0 saturated carbocycles. The first-order valence-electron chi connectivity index (χ1n) is 5.75. The first-order chi connectivity index (χ1) is 8.04. The fraction of sp³-hybridized carbons (Fsp3) is 0.462. The molecule has 94 valence electrons. The third-order valence-electron chi connectivity index (χ3n) is 2.69. The molecule has 0 radical (unpaired) electrons. The van der Waals surface area contributed by atoms with Crippen LogP contribution >= 0.6 is 0 Å². The predicted octanol–water partition coefficient (Wildman–Crippen LogP) is 1.23. The Morgan fingerprint density at radius 2 is 1.88 bits per heavy atom. The number of nitrogens with one attached hydrogen (secondary N) is 2. The minimum absolute atomic E-state index is 0.0376. The van der Waals surface area contributed by atoms with Crippen LogP contribution in [0.1, 0.15) is 23.1 Å². The zero-order chi connectivity index (χ0) is 12.8. The highest BCUT2D eigenvalue weighted by molar-refractivity contribution is 5.75. The molecule has 0 aliphatic carbocycles. The number of amides is 1. The molecule has 1 rings (SSSR count). The molecule has 1 amide bonds. The van der Waals surface area contributed by atoms with Crippen LogP contribution < -0.4 is 10.6 Å². The van der Waals surface area contributed by atoms with Crippen LogP contribution in [0.2, 0.25) is 0 Å². The van der Waals surface area contributed by atoms with E-state index in [0.717, 1.165) is 16.7 Å². The van der Waals surface area contributed by atoms with E-state index in [2.05, 4.69) is 10.6 Å². The summed E-state index contributed by atoms with van der Waals surface area (Å²) >= 11 is 0. The maximum atomic E-state index is 11.0. The van der Waals surface area contributed by atoms with Crippen molar-refractivity contribution >= 4 is 5.91 Å². The number of carbonyl (C=O) groups is 1. The molecule has 1 aromatic carbocycles. The molecule has 0 aliphatic rings. The second-order valence-corrected chi connectivity index (χ2v) is 4.18. The number of carbonyl (C=O) groups excluding carboxylic acids is 1. The normalized spacial score (nSPS) is 10.3. The van der Waals surface area contributed by atoms with E-state index in [1.54, 1.807) is 7.05 Å². The maximum Gasteiger partial charge on any atom is 0.221 e. The molecule has 3 N–H and O–H groups in total. The Morgan fingerprint density at radius 1 is 1.29 bits per heavy atom. The van der Waals surface area contributed by atoms with Gasteiger partial charge in [0.25, 0.3) is 0 Å². The van der Waals surface area contributed by atoms with Gasteiger partial charge in [0.2, 0.25) is 5.91 Å². The molecule has 0 unspecified atom stereocenters. The number of hydrogen-bond acceptors (Lipinski definition) is 3. The van der Waals surface area contributed by atoms with Crippen molar-refractivity contribution in [1.82, 2.24) is 10.6 Å². The van der Waals surface area contributed by atoms with Gasteiger partial charge in [-0.25, -0.2) is 0 Å². The maximum absolute atomic E-state index is 11.0. The summed E-state index contributed by atoms with van der Waals surface area (Å²) in [6.07, 6.45) is 0.479. The Morgan fingerprint density at radius 3 is 2.41 bits per heavy atom. The van der Waals surface area contributed by atoms with Crippen molar-refractivity contribution in [3.05, 3.63) is 28.8 Å². The van der Waals surface area contributed by atoms with Crippen molar-refractivity contribution < 1.29 is 9.90 Å². The zero-order valence-corrected chi connectivity index (χ0v) is 10.6. The molecular formula is C13H20N2O2. The number of phenols is 1. The summed E-state index contributed by atoms with van der Waals surface area (Å²) in [5.41, 5.74) is 2.89. The minimum Gasteiger partial charge on any atom is -0.507 e. The summed E-state index contributed by atoms with van der Waals surface area (Å²) in [7, 11) is 1.63. The monoisotopic (exact) mass is 236 g/mol. The van der Waals surface area contributed by atoms with Gasteiger partial charge in [0.15, 0.2) is 0 Å². The number of aryl methyl sites for hydroxylation is 2. The Kier molecular flexibility index (Phi) is 4.97. The molecule has 0 spiro atoms. The molecule has 0 aliphatic heterocycles. The predicted molar refractivity (Wildman–Crippen MR) is 68.0 cm³/mol. The SMILES string of the molecule is CNC(=O)CCNCc1cc(C)c(O)c(C)c1. The lowest BCUT2D eigenvalue weighted by Crippen LogP contribution is -2.24. The highest BCUT2D eigenvalue weighted by atomic mass is 16.3. The largest absolute Gasteiger partial charge is 0.507 e. The van der Waals surface area contributed by atoms with Crippen molar-refractivity contribution in [2.45, 2.75) is 26.8 Å². The fourth-order valence-electron chi connectivity index (χ4n) is 1.71. The summed E-state index contributed by atoms with van der Waals surface area (Å²) in [5, 5.41) is 15.4. The van der Waals surface area contributed by atoms with Gasteiger partial charge in [-0.15, -0.1) is 0 Å². The van der Waals surface area contributed by atoms with Crippen LogP contribution in [0.5, 0.6) is 5.75 Å². The molecule has 0 saturated heterocycles. The second kappa shape index (κ2) is 6.25. The number of phenolic OH excluding ortho intramolecular Hbond substituents is 1. The van der Waals surface area contributed by atoms with Gasteiger partial charge in [-0.1, -0.05) is 12.1 Å². The first kappa shape index (κ1) is 13.5. The first-order valence-corrected chi connectivity index (χ1v) is 5.75.